The molecule has 1 heterocycles. The molecule has 0 aromatic heterocycles. The average Bonchev–Trinajstić information content (AvgIpc) is 2.39. The molecule has 0 unspecified atom stereocenters. The van der Waals surface area contributed by atoms with Crippen molar-refractivity contribution in [2.75, 3.05) is 18.0 Å². The standard InChI is InChI=1S/C14H17BrN2O3/c1-9(18)16-11-4-6-17(7-5-11)13-3-2-10(14(19)20)8-12(13)15/h2-3,8,11H,4-7H2,1H3,(H,16,18)(H,19,20). The molecule has 108 valence electrons. The van der Waals surface area contributed by atoms with Crippen LogP contribution in [-0.2, 0) is 4.79 Å². The fraction of sp³-hybridized carbons (Fsp3) is 0.429. The first kappa shape index (κ1) is 14.8. The Balaban J connectivity index is 2.03. The molecule has 1 aromatic carbocycles. The van der Waals surface area contributed by atoms with Crippen LogP contribution in [0.1, 0.15) is 30.1 Å². The monoisotopic (exact) mass is 340 g/mol. The molecule has 1 amide bonds. The fourth-order valence-corrected chi connectivity index (χ4v) is 3.08. The molecule has 0 saturated carbocycles. The van der Waals surface area contributed by atoms with Gasteiger partial charge in [-0.15, -0.1) is 0 Å². The number of anilines is 1. The smallest absolute Gasteiger partial charge is 0.335 e. The Labute approximate surface area is 126 Å². The van der Waals surface area contributed by atoms with E-state index in [2.05, 4.69) is 26.1 Å². The van der Waals surface area contributed by atoms with E-state index >= 15 is 0 Å². The number of carboxylic acids is 1. The lowest BCUT2D eigenvalue weighted by Crippen LogP contribution is -2.44. The van der Waals surface area contributed by atoms with E-state index in [1.54, 1.807) is 12.1 Å². The number of carboxylic acid groups (broad SMARTS) is 1. The summed E-state index contributed by atoms with van der Waals surface area (Å²) in [6.45, 7) is 3.22. The van der Waals surface area contributed by atoms with E-state index in [4.69, 9.17) is 5.11 Å². The van der Waals surface area contributed by atoms with Crippen molar-refractivity contribution >= 4 is 33.5 Å². The largest absolute Gasteiger partial charge is 0.478 e. The molecule has 0 spiro atoms. The van der Waals surface area contributed by atoms with Crippen LogP contribution in [0.15, 0.2) is 22.7 Å². The third-order valence-electron chi connectivity index (χ3n) is 3.44. The summed E-state index contributed by atoms with van der Waals surface area (Å²) < 4.78 is 0.787. The van der Waals surface area contributed by atoms with Gasteiger partial charge in [0.15, 0.2) is 0 Å². The number of nitrogens with zero attached hydrogens (tertiary/aromatic N) is 1. The fourth-order valence-electron chi connectivity index (χ4n) is 2.45. The van der Waals surface area contributed by atoms with Crippen LogP contribution in [0.25, 0.3) is 0 Å². The maximum atomic E-state index is 11.0. The lowest BCUT2D eigenvalue weighted by Gasteiger charge is -2.34. The Kier molecular flexibility index (Phi) is 4.65. The molecule has 1 saturated heterocycles. The van der Waals surface area contributed by atoms with E-state index in [1.807, 2.05) is 6.07 Å². The number of rotatable bonds is 3. The van der Waals surface area contributed by atoms with Gasteiger partial charge in [-0.2, -0.15) is 0 Å². The molecule has 0 radical (unpaired) electrons. The van der Waals surface area contributed by atoms with Crippen LogP contribution < -0.4 is 10.2 Å². The van der Waals surface area contributed by atoms with Gasteiger partial charge in [-0.05, 0) is 47.0 Å². The van der Waals surface area contributed by atoms with Crippen molar-refractivity contribution in [3.63, 3.8) is 0 Å². The van der Waals surface area contributed by atoms with E-state index < -0.39 is 5.97 Å². The summed E-state index contributed by atoms with van der Waals surface area (Å²) in [6.07, 6.45) is 1.79. The van der Waals surface area contributed by atoms with Crippen LogP contribution >= 0.6 is 15.9 Å². The zero-order valence-corrected chi connectivity index (χ0v) is 12.8. The number of amides is 1. The first-order chi connectivity index (χ1) is 9.47. The Bertz CT molecular complexity index is 525. The van der Waals surface area contributed by atoms with Crippen LogP contribution in [-0.4, -0.2) is 36.1 Å². The highest BCUT2D eigenvalue weighted by atomic mass is 79.9. The van der Waals surface area contributed by atoms with Gasteiger partial charge < -0.3 is 15.3 Å². The van der Waals surface area contributed by atoms with Gasteiger partial charge in [0.2, 0.25) is 5.91 Å². The normalized spacial score (nSPS) is 16.0. The highest BCUT2D eigenvalue weighted by Crippen LogP contribution is 2.29. The molecule has 1 fully saturated rings. The number of piperidine rings is 1. The lowest BCUT2D eigenvalue weighted by molar-refractivity contribution is -0.119. The Morgan fingerprint density at radius 3 is 2.50 bits per heavy atom. The molecular formula is C14H17BrN2O3. The van der Waals surface area contributed by atoms with Crippen LogP contribution in [0.5, 0.6) is 0 Å². The molecule has 0 atom stereocenters. The Morgan fingerprint density at radius 2 is 2.00 bits per heavy atom. The molecule has 20 heavy (non-hydrogen) atoms. The van der Waals surface area contributed by atoms with E-state index in [-0.39, 0.29) is 17.5 Å². The van der Waals surface area contributed by atoms with E-state index in [0.717, 1.165) is 36.1 Å². The highest BCUT2D eigenvalue weighted by Gasteiger charge is 2.21. The topological polar surface area (TPSA) is 69.6 Å². The van der Waals surface area contributed by atoms with Gasteiger partial charge >= 0.3 is 5.97 Å². The molecule has 1 aromatic rings. The number of hydrogen-bond acceptors (Lipinski definition) is 3. The third-order valence-corrected chi connectivity index (χ3v) is 4.07. The maximum Gasteiger partial charge on any atom is 0.335 e. The minimum absolute atomic E-state index is 0.00967. The van der Waals surface area contributed by atoms with Gasteiger partial charge in [-0.3, -0.25) is 4.79 Å². The van der Waals surface area contributed by atoms with Crippen LogP contribution in [0.2, 0.25) is 0 Å². The molecule has 6 heteroatoms. The number of carbonyl (C=O) groups excluding carboxylic acids is 1. The van der Waals surface area contributed by atoms with E-state index in [0.29, 0.717) is 0 Å². The van der Waals surface area contributed by atoms with Crippen molar-refractivity contribution in [3.05, 3.63) is 28.2 Å². The van der Waals surface area contributed by atoms with Crippen LogP contribution in [0.3, 0.4) is 0 Å². The molecule has 2 rings (SSSR count). The average molecular weight is 341 g/mol. The van der Waals surface area contributed by atoms with Gasteiger partial charge in [0.05, 0.1) is 11.3 Å². The second-order valence-electron chi connectivity index (χ2n) is 4.93. The predicted molar refractivity (Wildman–Crippen MR) is 80.2 cm³/mol. The maximum absolute atomic E-state index is 11.0. The number of hydrogen-bond donors (Lipinski definition) is 2. The Morgan fingerprint density at radius 1 is 1.35 bits per heavy atom. The van der Waals surface area contributed by atoms with Gasteiger partial charge in [0.25, 0.3) is 0 Å². The molecule has 0 bridgehead atoms. The summed E-state index contributed by atoms with van der Waals surface area (Å²) in [6, 6.07) is 5.30. The molecular weight excluding hydrogens is 324 g/mol. The second kappa shape index (κ2) is 6.26. The molecule has 1 aliphatic heterocycles. The zero-order chi connectivity index (χ0) is 14.7. The first-order valence-corrected chi connectivity index (χ1v) is 7.31. The number of aromatic carboxylic acids is 1. The summed E-state index contributed by atoms with van der Waals surface area (Å²) >= 11 is 3.43. The summed E-state index contributed by atoms with van der Waals surface area (Å²) in [5.74, 6) is -0.919. The zero-order valence-electron chi connectivity index (χ0n) is 11.2. The third kappa shape index (κ3) is 3.50. The predicted octanol–water partition coefficient (Wildman–Crippen LogP) is 2.25. The van der Waals surface area contributed by atoms with Crippen molar-refractivity contribution in [2.24, 2.45) is 0 Å². The quantitative estimate of drug-likeness (QED) is 0.885. The molecule has 1 aliphatic rings. The Hall–Kier alpha value is -1.56. The summed E-state index contributed by atoms with van der Waals surface area (Å²) in [5, 5.41) is 11.9. The molecule has 0 aliphatic carbocycles. The van der Waals surface area contributed by atoms with Crippen molar-refractivity contribution in [3.8, 4) is 0 Å². The van der Waals surface area contributed by atoms with Crippen molar-refractivity contribution in [1.29, 1.82) is 0 Å². The van der Waals surface area contributed by atoms with Crippen molar-refractivity contribution in [1.82, 2.24) is 5.32 Å². The molecule has 2 N–H and O–H groups in total. The number of carbonyl (C=O) groups is 2. The minimum atomic E-state index is -0.929. The first-order valence-electron chi connectivity index (χ1n) is 6.52. The van der Waals surface area contributed by atoms with Gasteiger partial charge in [0, 0.05) is 30.5 Å². The summed E-state index contributed by atoms with van der Waals surface area (Å²) in [7, 11) is 0. The van der Waals surface area contributed by atoms with Gasteiger partial charge in [-0.25, -0.2) is 4.79 Å². The number of halogens is 1. The van der Waals surface area contributed by atoms with Crippen LogP contribution in [0, 0.1) is 0 Å². The summed E-state index contributed by atoms with van der Waals surface area (Å²) in [5.41, 5.74) is 1.27. The summed E-state index contributed by atoms with van der Waals surface area (Å²) in [4.78, 5) is 24.1. The second-order valence-corrected chi connectivity index (χ2v) is 5.79. The van der Waals surface area contributed by atoms with E-state index in [1.165, 1.54) is 6.92 Å². The van der Waals surface area contributed by atoms with Gasteiger partial charge in [0.1, 0.15) is 0 Å². The number of nitrogens with one attached hydrogen (secondary N) is 1. The SMILES string of the molecule is CC(=O)NC1CCN(c2ccc(C(=O)O)cc2Br)CC1. The van der Waals surface area contributed by atoms with Crippen molar-refractivity contribution in [2.45, 2.75) is 25.8 Å². The van der Waals surface area contributed by atoms with Gasteiger partial charge in [-0.1, -0.05) is 0 Å². The van der Waals surface area contributed by atoms with E-state index in [9.17, 15) is 9.59 Å². The van der Waals surface area contributed by atoms with Crippen molar-refractivity contribution < 1.29 is 14.7 Å². The number of benzene rings is 1. The van der Waals surface area contributed by atoms with Crippen LogP contribution in [0.4, 0.5) is 5.69 Å². The molecule has 5 nitrogen and oxygen atoms in total. The highest BCUT2D eigenvalue weighted by molar-refractivity contribution is 9.10. The lowest BCUT2D eigenvalue weighted by atomic mass is 10.0. The minimum Gasteiger partial charge on any atom is -0.478 e.